The quantitative estimate of drug-likeness (QED) is 0.204. The van der Waals surface area contributed by atoms with Crippen LogP contribution >= 0.6 is 0 Å². The maximum atomic E-state index is 12.4. The molecule has 2 aromatic carbocycles. The first-order valence-corrected chi connectivity index (χ1v) is 9.11. The van der Waals surface area contributed by atoms with Crippen molar-refractivity contribution in [3.8, 4) is 17.6 Å². The van der Waals surface area contributed by atoms with Crippen molar-refractivity contribution in [3.05, 3.63) is 75.7 Å². The maximum Gasteiger partial charge on any atom is 0.354 e. The summed E-state index contributed by atoms with van der Waals surface area (Å²) >= 11 is 0. The van der Waals surface area contributed by atoms with Gasteiger partial charge in [-0.3, -0.25) is 0 Å². The molecule has 6 nitrogen and oxygen atoms in total. The van der Waals surface area contributed by atoms with Gasteiger partial charge in [-0.05, 0) is 54.8 Å². The zero-order valence-electron chi connectivity index (χ0n) is 16.1. The highest BCUT2D eigenvalue weighted by molar-refractivity contribution is 5.99. The summed E-state index contributed by atoms with van der Waals surface area (Å²) in [4.78, 5) is 23.9. The highest BCUT2D eigenvalue weighted by atomic mass is 16.5. The zero-order chi connectivity index (χ0) is 20.8. The third-order valence-electron chi connectivity index (χ3n) is 4.14. The van der Waals surface area contributed by atoms with Crippen molar-refractivity contribution < 1.29 is 18.7 Å². The fourth-order valence-electron chi connectivity index (χ4n) is 2.71. The normalized spacial score (nSPS) is 11.1. The van der Waals surface area contributed by atoms with Gasteiger partial charge in [0.25, 0.3) is 0 Å². The summed E-state index contributed by atoms with van der Waals surface area (Å²) in [6.07, 6.45) is 2.35. The lowest BCUT2D eigenvalue weighted by Crippen LogP contribution is -2.10. The summed E-state index contributed by atoms with van der Waals surface area (Å²) in [7, 11) is 0. The van der Waals surface area contributed by atoms with Gasteiger partial charge in [-0.25, -0.2) is 9.59 Å². The number of benzene rings is 2. The van der Waals surface area contributed by atoms with Crippen LogP contribution in [0.5, 0.6) is 11.5 Å². The highest BCUT2D eigenvalue weighted by Gasteiger charge is 2.13. The van der Waals surface area contributed by atoms with E-state index in [0.29, 0.717) is 17.8 Å². The van der Waals surface area contributed by atoms with Gasteiger partial charge in [0.2, 0.25) is 0 Å². The van der Waals surface area contributed by atoms with E-state index < -0.39 is 11.6 Å². The van der Waals surface area contributed by atoms with Crippen LogP contribution in [-0.4, -0.2) is 12.6 Å². The van der Waals surface area contributed by atoms with Crippen LogP contribution in [0.2, 0.25) is 0 Å². The summed E-state index contributed by atoms with van der Waals surface area (Å²) in [6.45, 7) is 4.43. The van der Waals surface area contributed by atoms with E-state index in [9.17, 15) is 14.9 Å². The number of nitrogens with zero attached hydrogens (tertiary/aromatic N) is 1. The van der Waals surface area contributed by atoms with E-state index >= 15 is 0 Å². The monoisotopic (exact) mass is 389 g/mol. The Morgan fingerprint density at radius 1 is 1.14 bits per heavy atom. The number of esters is 1. The van der Waals surface area contributed by atoms with Crippen molar-refractivity contribution in [1.29, 1.82) is 5.26 Å². The molecule has 0 aliphatic carbocycles. The molecule has 0 aliphatic heterocycles. The SMILES string of the molecule is CCCOc1ccc(/C=C(\C#N)C(=O)Oc2ccc3c(C)cc(=O)oc3c2)cc1. The number of ether oxygens (including phenoxy) is 2. The van der Waals surface area contributed by atoms with Gasteiger partial charge in [0.1, 0.15) is 28.7 Å². The van der Waals surface area contributed by atoms with Gasteiger partial charge in [-0.2, -0.15) is 5.26 Å². The van der Waals surface area contributed by atoms with Gasteiger partial charge in [0, 0.05) is 17.5 Å². The Morgan fingerprint density at radius 2 is 1.86 bits per heavy atom. The predicted octanol–water partition coefficient (Wildman–Crippen LogP) is 4.40. The number of fused-ring (bicyclic) bond motifs is 1. The predicted molar refractivity (Wildman–Crippen MR) is 109 cm³/mol. The van der Waals surface area contributed by atoms with Crippen LogP contribution in [0.4, 0.5) is 0 Å². The summed E-state index contributed by atoms with van der Waals surface area (Å²) in [5, 5.41) is 10.1. The van der Waals surface area contributed by atoms with Crippen LogP contribution in [0.1, 0.15) is 24.5 Å². The topological polar surface area (TPSA) is 89.5 Å². The molecule has 0 amide bonds. The molecule has 6 heteroatoms. The van der Waals surface area contributed by atoms with Crippen molar-refractivity contribution in [3.63, 3.8) is 0 Å². The number of carbonyl (C=O) groups is 1. The molecule has 0 unspecified atom stereocenters. The molecule has 29 heavy (non-hydrogen) atoms. The lowest BCUT2D eigenvalue weighted by molar-refractivity contribution is -0.129. The molecule has 146 valence electrons. The Morgan fingerprint density at radius 3 is 2.55 bits per heavy atom. The van der Waals surface area contributed by atoms with Gasteiger partial charge in [-0.1, -0.05) is 19.1 Å². The van der Waals surface area contributed by atoms with Crippen LogP contribution in [0.15, 0.2) is 63.3 Å². The lowest BCUT2D eigenvalue weighted by Gasteiger charge is -2.06. The maximum absolute atomic E-state index is 12.4. The molecule has 0 radical (unpaired) electrons. The second-order valence-corrected chi connectivity index (χ2v) is 6.38. The van der Waals surface area contributed by atoms with Crippen LogP contribution < -0.4 is 15.1 Å². The Balaban J connectivity index is 1.79. The minimum atomic E-state index is -0.798. The first-order valence-electron chi connectivity index (χ1n) is 9.11. The highest BCUT2D eigenvalue weighted by Crippen LogP contribution is 2.23. The number of rotatable bonds is 6. The molecule has 0 N–H and O–H groups in total. The van der Waals surface area contributed by atoms with Crippen molar-refractivity contribution in [2.45, 2.75) is 20.3 Å². The van der Waals surface area contributed by atoms with Crippen molar-refractivity contribution in [1.82, 2.24) is 0 Å². The van der Waals surface area contributed by atoms with Crippen LogP contribution in [0.3, 0.4) is 0 Å². The Kier molecular flexibility index (Phi) is 6.10. The van der Waals surface area contributed by atoms with Crippen LogP contribution in [-0.2, 0) is 4.79 Å². The van der Waals surface area contributed by atoms with Gasteiger partial charge in [0.05, 0.1) is 6.61 Å². The molecular weight excluding hydrogens is 370 g/mol. The molecule has 0 bridgehead atoms. The molecule has 0 aliphatic rings. The van der Waals surface area contributed by atoms with Gasteiger partial charge >= 0.3 is 11.6 Å². The number of hydrogen-bond acceptors (Lipinski definition) is 6. The molecule has 3 aromatic rings. The number of nitriles is 1. The Bertz CT molecular complexity index is 1170. The standard InChI is InChI=1S/C23H19NO5/c1-3-10-27-18-6-4-16(5-7-18)12-17(14-24)23(26)28-19-8-9-20-15(2)11-22(25)29-21(20)13-19/h4-9,11-13H,3,10H2,1-2H3/b17-12+. The van der Waals surface area contributed by atoms with E-state index in [-0.39, 0.29) is 11.3 Å². The third-order valence-corrected chi connectivity index (χ3v) is 4.14. The van der Waals surface area contributed by atoms with Crippen molar-refractivity contribution >= 4 is 23.0 Å². The summed E-state index contributed by atoms with van der Waals surface area (Å²) in [5.41, 5.74) is 1.10. The molecule has 0 atom stereocenters. The van der Waals surface area contributed by atoms with Gasteiger partial charge in [-0.15, -0.1) is 0 Å². The molecule has 0 saturated heterocycles. The van der Waals surface area contributed by atoms with E-state index in [1.165, 1.54) is 18.2 Å². The summed E-state index contributed by atoms with van der Waals surface area (Å²) in [6, 6.07) is 15.0. The zero-order valence-corrected chi connectivity index (χ0v) is 16.1. The van der Waals surface area contributed by atoms with E-state index in [4.69, 9.17) is 13.9 Å². The first kappa shape index (κ1) is 19.9. The number of carbonyl (C=O) groups excluding carboxylic acids is 1. The number of aryl methyl sites for hydroxylation is 1. The molecule has 0 saturated carbocycles. The van der Waals surface area contributed by atoms with Gasteiger partial charge < -0.3 is 13.9 Å². The van der Waals surface area contributed by atoms with Crippen LogP contribution in [0.25, 0.3) is 17.0 Å². The average Bonchev–Trinajstić information content (AvgIpc) is 2.70. The molecule has 3 rings (SSSR count). The molecule has 0 fully saturated rings. The smallest absolute Gasteiger partial charge is 0.354 e. The lowest BCUT2D eigenvalue weighted by atomic mass is 10.1. The Hall–Kier alpha value is -3.85. The minimum absolute atomic E-state index is 0.155. The fourth-order valence-corrected chi connectivity index (χ4v) is 2.71. The summed E-state index contributed by atoms with van der Waals surface area (Å²) < 4.78 is 15.9. The van der Waals surface area contributed by atoms with E-state index in [2.05, 4.69) is 0 Å². The largest absolute Gasteiger partial charge is 0.494 e. The summed E-state index contributed by atoms with van der Waals surface area (Å²) in [5.74, 6) is 0.104. The second kappa shape index (κ2) is 8.89. The number of hydrogen-bond donors (Lipinski definition) is 0. The first-order chi connectivity index (χ1) is 14.0. The molecular formula is C23H19NO5. The van der Waals surface area contributed by atoms with Crippen LogP contribution in [0, 0.1) is 18.3 Å². The molecule has 0 spiro atoms. The van der Waals surface area contributed by atoms with Gasteiger partial charge in [0.15, 0.2) is 0 Å². The Labute approximate surface area is 167 Å². The molecule has 1 heterocycles. The third kappa shape index (κ3) is 4.90. The second-order valence-electron chi connectivity index (χ2n) is 6.38. The van der Waals surface area contributed by atoms with E-state index in [1.807, 2.05) is 13.0 Å². The van der Waals surface area contributed by atoms with Crippen molar-refractivity contribution in [2.75, 3.05) is 6.61 Å². The minimum Gasteiger partial charge on any atom is -0.494 e. The van der Waals surface area contributed by atoms with Crippen molar-refractivity contribution in [2.24, 2.45) is 0 Å². The fraction of sp³-hybridized carbons (Fsp3) is 0.174. The average molecular weight is 389 g/mol. The van der Waals surface area contributed by atoms with E-state index in [1.54, 1.807) is 43.3 Å². The molecule has 1 aromatic heterocycles. The van der Waals surface area contributed by atoms with E-state index in [0.717, 1.165) is 23.1 Å².